The summed E-state index contributed by atoms with van der Waals surface area (Å²) in [6.45, 7) is 17.4. The maximum atomic E-state index is 12.5. The van der Waals surface area contributed by atoms with E-state index in [2.05, 4.69) is 42.8 Å². The Morgan fingerprint density at radius 2 is 1.13 bits per heavy atom. The van der Waals surface area contributed by atoms with Crippen LogP contribution in [0.5, 0.6) is 0 Å². The highest BCUT2D eigenvalue weighted by Gasteiger charge is 2.14. The SMILES string of the molecule is CCN(CC)CCCCCCN.CCN(CC)CCCCCCNc1ccc(N)cc1[N+](=O)[O-].Nc1ccc(F)c([N+](=O)[O-])c1. The molecule has 0 radical (unpaired) electrons. The fourth-order valence-electron chi connectivity index (χ4n) is 4.47. The van der Waals surface area contributed by atoms with Gasteiger partial charge in [-0.05, 0) is 95.8 Å². The van der Waals surface area contributed by atoms with Crippen LogP contribution in [0.1, 0.15) is 79.1 Å². The Kier molecular flexibility index (Phi) is 23.7. The van der Waals surface area contributed by atoms with Crippen molar-refractivity contribution in [2.45, 2.75) is 79.1 Å². The molecule has 0 fully saturated rings. The van der Waals surface area contributed by atoms with Crippen LogP contribution in [-0.2, 0) is 0 Å². The van der Waals surface area contributed by atoms with E-state index in [0.29, 0.717) is 11.4 Å². The average Bonchev–Trinajstić information content (AvgIpc) is 3.02. The van der Waals surface area contributed by atoms with Gasteiger partial charge in [0.15, 0.2) is 0 Å². The average molecular weight is 637 g/mol. The Hall–Kier alpha value is -3.55. The van der Waals surface area contributed by atoms with Gasteiger partial charge in [-0.15, -0.1) is 0 Å². The molecule has 0 spiro atoms. The van der Waals surface area contributed by atoms with Gasteiger partial charge in [0.05, 0.1) is 9.85 Å². The monoisotopic (exact) mass is 636 g/mol. The molecule has 0 saturated heterocycles. The number of nitro groups is 2. The maximum absolute atomic E-state index is 12.5. The van der Waals surface area contributed by atoms with Crippen molar-refractivity contribution in [3.8, 4) is 0 Å². The fourth-order valence-corrected chi connectivity index (χ4v) is 4.47. The molecule has 0 bridgehead atoms. The molecule has 2 aromatic carbocycles. The number of nitro benzene ring substituents is 2. The van der Waals surface area contributed by atoms with Gasteiger partial charge in [-0.1, -0.05) is 53.4 Å². The van der Waals surface area contributed by atoms with E-state index < -0.39 is 21.4 Å². The predicted molar refractivity (Wildman–Crippen MR) is 185 cm³/mol. The van der Waals surface area contributed by atoms with Crippen LogP contribution in [0.25, 0.3) is 0 Å². The van der Waals surface area contributed by atoms with E-state index in [1.54, 1.807) is 12.1 Å². The van der Waals surface area contributed by atoms with E-state index in [1.165, 1.54) is 70.3 Å². The molecule has 0 atom stereocenters. The highest BCUT2D eigenvalue weighted by molar-refractivity contribution is 5.66. The van der Waals surface area contributed by atoms with Crippen LogP contribution in [-0.4, -0.2) is 72.0 Å². The Morgan fingerprint density at radius 1 is 0.689 bits per heavy atom. The van der Waals surface area contributed by atoms with Crippen molar-refractivity contribution in [3.63, 3.8) is 0 Å². The van der Waals surface area contributed by atoms with Crippen molar-refractivity contribution in [2.24, 2.45) is 5.73 Å². The largest absolute Gasteiger partial charge is 0.399 e. The summed E-state index contributed by atoms with van der Waals surface area (Å²) < 4.78 is 12.5. The van der Waals surface area contributed by atoms with Crippen LogP contribution in [0.2, 0.25) is 0 Å². The highest BCUT2D eigenvalue weighted by atomic mass is 19.1. The molecule has 12 nitrogen and oxygen atoms in total. The number of halogens is 1. The van der Waals surface area contributed by atoms with Gasteiger partial charge >= 0.3 is 5.69 Å². The van der Waals surface area contributed by atoms with Gasteiger partial charge in [-0.3, -0.25) is 20.2 Å². The van der Waals surface area contributed by atoms with Crippen molar-refractivity contribution in [3.05, 3.63) is 62.4 Å². The zero-order valence-corrected chi connectivity index (χ0v) is 27.8. The summed E-state index contributed by atoms with van der Waals surface area (Å²) in [5.74, 6) is -0.871. The summed E-state index contributed by atoms with van der Waals surface area (Å²) in [5, 5.41) is 24.2. The lowest BCUT2D eigenvalue weighted by Crippen LogP contribution is -2.23. The standard InChI is InChI=1S/C16H28N4O2.C10H24N2.C6H5FN2O2/c1-3-19(4-2)12-8-6-5-7-11-18-15-10-9-14(17)13-16(15)20(21)22;1-3-12(4-2)10-8-6-5-7-9-11;7-5-2-1-4(8)3-6(5)9(10)11/h9-10,13,18H,3-8,11-12,17H2,1-2H3;3-11H2,1-2H3;1-3H,8H2. The Labute approximate surface area is 268 Å². The normalized spacial score (nSPS) is 10.6. The van der Waals surface area contributed by atoms with Crippen LogP contribution >= 0.6 is 0 Å². The second-order valence-corrected chi connectivity index (χ2v) is 10.6. The number of anilines is 3. The van der Waals surface area contributed by atoms with Gasteiger partial charge in [0.2, 0.25) is 5.82 Å². The third-order valence-electron chi connectivity index (χ3n) is 7.32. The molecule has 45 heavy (non-hydrogen) atoms. The highest BCUT2D eigenvalue weighted by Crippen LogP contribution is 2.26. The molecule has 13 heteroatoms. The number of hydrogen-bond acceptors (Lipinski definition) is 10. The molecule has 0 unspecified atom stereocenters. The lowest BCUT2D eigenvalue weighted by Gasteiger charge is -2.17. The Morgan fingerprint density at radius 3 is 1.58 bits per heavy atom. The molecule has 0 heterocycles. The minimum Gasteiger partial charge on any atom is -0.399 e. The molecule has 0 aliphatic carbocycles. The summed E-state index contributed by atoms with van der Waals surface area (Å²) in [5.41, 5.74) is 16.8. The van der Waals surface area contributed by atoms with E-state index in [0.717, 1.165) is 57.7 Å². The lowest BCUT2D eigenvalue weighted by molar-refractivity contribution is -0.387. The number of nitrogens with one attached hydrogen (secondary N) is 1. The predicted octanol–water partition coefficient (Wildman–Crippen LogP) is 6.65. The minimum atomic E-state index is -0.871. The number of hydrogen-bond donors (Lipinski definition) is 4. The number of benzene rings is 2. The van der Waals surface area contributed by atoms with Crippen molar-refractivity contribution < 1.29 is 14.2 Å². The molecular weight excluding hydrogens is 579 g/mol. The number of nitrogens with zero attached hydrogens (tertiary/aromatic N) is 4. The maximum Gasteiger partial charge on any atom is 0.306 e. The summed E-state index contributed by atoms with van der Waals surface area (Å²) >= 11 is 0. The van der Waals surface area contributed by atoms with Gasteiger partial charge in [0, 0.05) is 30.1 Å². The summed E-state index contributed by atoms with van der Waals surface area (Å²) in [6.07, 6.45) is 9.73. The third kappa shape index (κ3) is 19.4. The van der Waals surface area contributed by atoms with Gasteiger partial charge < -0.3 is 32.3 Å². The van der Waals surface area contributed by atoms with E-state index in [4.69, 9.17) is 17.2 Å². The van der Waals surface area contributed by atoms with Crippen LogP contribution < -0.4 is 22.5 Å². The van der Waals surface area contributed by atoms with Crippen LogP contribution in [0.15, 0.2) is 36.4 Å². The van der Waals surface area contributed by atoms with E-state index in [-0.39, 0.29) is 11.4 Å². The number of nitrogens with two attached hydrogens (primary N) is 3. The second kappa shape index (κ2) is 25.7. The third-order valence-corrected chi connectivity index (χ3v) is 7.32. The van der Waals surface area contributed by atoms with E-state index in [9.17, 15) is 24.6 Å². The summed E-state index contributed by atoms with van der Waals surface area (Å²) in [6, 6.07) is 7.96. The van der Waals surface area contributed by atoms with Crippen molar-refractivity contribution >= 4 is 28.4 Å². The zero-order chi connectivity index (χ0) is 34.0. The quantitative estimate of drug-likeness (QED) is 0.0531. The first-order chi connectivity index (χ1) is 21.5. The topological polar surface area (TPSA) is 183 Å². The summed E-state index contributed by atoms with van der Waals surface area (Å²) in [4.78, 5) is 24.7. The number of rotatable bonds is 20. The van der Waals surface area contributed by atoms with Crippen LogP contribution in [0.3, 0.4) is 0 Å². The molecule has 0 aliphatic heterocycles. The lowest BCUT2D eigenvalue weighted by atomic mass is 10.1. The van der Waals surface area contributed by atoms with E-state index >= 15 is 0 Å². The van der Waals surface area contributed by atoms with Crippen LogP contribution in [0, 0.1) is 26.0 Å². The molecule has 2 rings (SSSR count). The van der Waals surface area contributed by atoms with Gasteiger partial charge in [-0.25, -0.2) is 0 Å². The molecular formula is C32H57FN8O4. The van der Waals surface area contributed by atoms with Gasteiger partial charge in [0.25, 0.3) is 5.69 Å². The fraction of sp³-hybridized carbons (Fsp3) is 0.625. The Balaban J connectivity index is 0.000000710. The first-order valence-corrected chi connectivity index (χ1v) is 16.2. The van der Waals surface area contributed by atoms with Crippen molar-refractivity contribution in [2.75, 3.05) is 69.1 Å². The van der Waals surface area contributed by atoms with Gasteiger partial charge in [0.1, 0.15) is 5.69 Å². The first kappa shape index (κ1) is 41.4. The van der Waals surface area contributed by atoms with Gasteiger partial charge in [-0.2, -0.15) is 4.39 Å². The summed E-state index contributed by atoms with van der Waals surface area (Å²) in [7, 11) is 0. The molecule has 2 aromatic rings. The molecule has 7 N–H and O–H groups in total. The first-order valence-electron chi connectivity index (χ1n) is 16.2. The number of nitrogen functional groups attached to an aromatic ring is 2. The molecule has 0 amide bonds. The molecule has 0 aliphatic rings. The molecule has 256 valence electrons. The second-order valence-electron chi connectivity index (χ2n) is 10.6. The van der Waals surface area contributed by atoms with Crippen molar-refractivity contribution in [1.29, 1.82) is 0 Å². The van der Waals surface area contributed by atoms with Crippen LogP contribution in [0.4, 0.5) is 32.8 Å². The molecule has 0 saturated carbocycles. The minimum absolute atomic E-state index is 0.0431. The number of unbranched alkanes of at least 4 members (excludes halogenated alkanes) is 6. The molecule has 0 aromatic heterocycles. The Bertz CT molecular complexity index is 1090. The van der Waals surface area contributed by atoms with E-state index in [1.807, 2.05) is 0 Å². The smallest absolute Gasteiger partial charge is 0.306 e. The van der Waals surface area contributed by atoms with Crippen molar-refractivity contribution in [1.82, 2.24) is 9.80 Å². The zero-order valence-electron chi connectivity index (χ0n) is 27.8.